The van der Waals surface area contributed by atoms with E-state index in [1.807, 2.05) is 0 Å². The molecule has 0 spiro atoms. The maximum Gasteiger partial charge on any atom is -0.0162 e. The highest BCUT2D eigenvalue weighted by atomic mass is 14.2. The standard InChI is InChI=1S/C15H24/c1-5-8-14(6-2)13(4)15-10-7-9-12(3)11-15/h7,9-11,13-14H,5-6,8H2,1-4H3. The molecule has 0 aromatic heterocycles. The van der Waals surface area contributed by atoms with Gasteiger partial charge in [-0.25, -0.2) is 0 Å². The number of benzene rings is 1. The average Bonchev–Trinajstić information content (AvgIpc) is 2.25. The van der Waals surface area contributed by atoms with Crippen LogP contribution in [0.5, 0.6) is 0 Å². The van der Waals surface area contributed by atoms with Gasteiger partial charge < -0.3 is 0 Å². The van der Waals surface area contributed by atoms with Gasteiger partial charge in [-0.2, -0.15) is 0 Å². The third-order valence-corrected chi connectivity index (χ3v) is 3.46. The smallest absolute Gasteiger partial charge is 0.0162 e. The maximum atomic E-state index is 2.37. The molecular formula is C15H24. The number of hydrogen-bond acceptors (Lipinski definition) is 0. The lowest BCUT2D eigenvalue weighted by molar-refractivity contribution is 0.398. The van der Waals surface area contributed by atoms with Crippen molar-refractivity contribution in [3.8, 4) is 0 Å². The minimum Gasteiger partial charge on any atom is -0.0654 e. The van der Waals surface area contributed by atoms with Gasteiger partial charge in [0.05, 0.1) is 0 Å². The quantitative estimate of drug-likeness (QED) is 0.638. The van der Waals surface area contributed by atoms with Crippen molar-refractivity contribution >= 4 is 0 Å². The van der Waals surface area contributed by atoms with Crippen molar-refractivity contribution in [2.24, 2.45) is 5.92 Å². The zero-order valence-corrected chi connectivity index (χ0v) is 10.6. The fourth-order valence-electron chi connectivity index (χ4n) is 2.40. The first-order chi connectivity index (χ1) is 7.19. The molecule has 0 aliphatic rings. The number of aryl methyl sites for hydroxylation is 1. The van der Waals surface area contributed by atoms with Crippen LogP contribution in [0.15, 0.2) is 24.3 Å². The van der Waals surface area contributed by atoms with Crippen molar-refractivity contribution in [1.82, 2.24) is 0 Å². The van der Waals surface area contributed by atoms with Crippen LogP contribution >= 0.6 is 0 Å². The van der Waals surface area contributed by atoms with Crippen LogP contribution < -0.4 is 0 Å². The Labute approximate surface area is 94.7 Å². The van der Waals surface area contributed by atoms with Crippen LogP contribution in [0.4, 0.5) is 0 Å². The first-order valence-corrected chi connectivity index (χ1v) is 6.25. The van der Waals surface area contributed by atoms with E-state index >= 15 is 0 Å². The van der Waals surface area contributed by atoms with E-state index in [9.17, 15) is 0 Å². The van der Waals surface area contributed by atoms with E-state index < -0.39 is 0 Å². The van der Waals surface area contributed by atoms with Gasteiger partial charge >= 0.3 is 0 Å². The van der Waals surface area contributed by atoms with E-state index in [-0.39, 0.29) is 0 Å². The maximum absolute atomic E-state index is 2.37. The summed E-state index contributed by atoms with van der Waals surface area (Å²) in [6, 6.07) is 8.97. The van der Waals surface area contributed by atoms with Crippen molar-refractivity contribution in [3.05, 3.63) is 35.4 Å². The fourth-order valence-corrected chi connectivity index (χ4v) is 2.40. The number of rotatable bonds is 5. The van der Waals surface area contributed by atoms with Crippen molar-refractivity contribution in [1.29, 1.82) is 0 Å². The Balaban J connectivity index is 2.77. The Kier molecular flexibility index (Phi) is 4.87. The van der Waals surface area contributed by atoms with Gasteiger partial charge in [-0.15, -0.1) is 0 Å². The summed E-state index contributed by atoms with van der Waals surface area (Å²) in [5.41, 5.74) is 2.89. The van der Waals surface area contributed by atoms with Gasteiger partial charge in [-0.3, -0.25) is 0 Å². The summed E-state index contributed by atoms with van der Waals surface area (Å²) in [5, 5.41) is 0. The van der Waals surface area contributed by atoms with Crippen LogP contribution in [0.2, 0.25) is 0 Å². The monoisotopic (exact) mass is 204 g/mol. The minimum atomic E-state index is 0.704. The summed E-state index contributed by atoms with van der Waals surface area (Å²) in [6.07, 6.45) is 3.95. The summed E-state index contributed by atoms with van der Waals surface area (Å²) in [7, 11) is 0. The van der Waals surface area contributed by atoms with E-state index in [1.54, 1.807) is 0 Å². The van der Waals surface area contributed by atoms with Crippen LogP contribution in [0.1, 0.15) is 57.1 Å². The molecule has 2 unspecified atom stereocenters. The molecule has 0 heteroatoms. The zero-order chi connectivity index (χ0) is 11.3. The SMILES string of the molecule is CCCC(CC)C(C)c1cccc(C)c1. The number of hydrogen-bond donors (Lipinski definition) is 0. The lowest BCUT2D eigenvalue weighted by atomic mass is 9.83. The molecule has 0 saturated carbocycles. The largest absolute Gasteiger partial charge is 0.0654 e. The minimum absolute atomic E-state index is 0.704. The van der Waals surface area contributed by atoms with E-state index in [0.717, 1.165) is 5.92 Å². The molecule has 0 aliphatic carbocycles. The van der Waals surface area contributed by atoms with Crippen molar-refractivity contribution in [3.63, 3.8) is 0 Å². The highest BCUT2D eigenvalue weighted by Gasteiger charge is 2.16. The van der Waals surface area contributed by atoms with Crippen LogP contribution in [-0.2, 0) is 0 Å². The first kappa shape index (κ1) is 12.3. The molecule has 0 N–H and O–H groups in total. The average molecular weight is 204 g/mol. The molecule has 0 heterocycles. The van der Waals surface area contributed by atoms with E-state index in [0.29, 0.717) is 5.92 Å². The molecule has 0 amide bonds. The first-order valence-electron chi connectivity index (χ1n) is 6.25. The van der Waals surface area contributed by atoms with Gasteiger partial charge in [0.1, 0.15) is 0 Å². The third-order valence-electron chi connectivity index (χ3n) is 3.46. The molecule has 0 fully saturated rings. The van der Waals surface area contributed by atoms with Crippen molar-refractivity contribution in [2.45, 2.75) is 52.9 Å². The van der Waals surface area contributed by atoms with Crippen LogP contribution in [0.25, 0.3) is 0 Å². The Morgan fingerprint density at radius 3 is 2.47 bits per heavy atom. The van der Waals surface area contributed by atoms with E-state index in [2.05, 4.69) is 52.0 Å². The van der Waals surface area contributed by atoms with Gasteiger partial charge in [0.15, 0.2) is 0 Å². The van der Waals surface area contributed by atoms with Crippen LogP contribution in [-0.4, -0.2) is 0 Å². The predicted octanol–water partition coefficient (Wildman–Crippen LogP) is 4.92. The summed E-state index contributed by atoms with van der Waals surface area (Å²) in [4.78, 5) is 0. The Bertz CT molecular complexity index is 288. The molecule has 1 aromatic carbocycles. The molecule has 0 nitrogen and oxygen atoms in total. The van der Waals surface area contributed by atoms with E-state index in [4.69, 9.17) is 0 Å². The molecule has 1 aromatic rings. The summed E-state index contributed by atoms with van der Waals surface area (Å²) in [6.45, 7) is 9.15. The summed E-state index contributed by atoms with van der Waals surface area (Å²) < 4.78 is 0. The molecule has 1 rings (SSSR count). The second-order valence-corrected chi connectivity index (χ2v) is 4.66. The van der Waals surface area contributed by atoms with Gasteiger partial charge in [0.2, 0.25) is 0 Å². The predicted molar refractivity (Wildman–Crippen MR) is 68.3 cm³/mol. The molecule has 15 heavy (non-hydrogen) atoms. The van der Waals surface area contributed by atoms with Crippen molar-refractivity contribution in [2.75, 3.05) is 0 Å². The molecule has 0 saturated heterocycles. The van der Waals surface area contributed by atoms with E-state index in [1.165, 1.54) is 30.4 Å². The van der Waals surface area contributed by atoms with Gasteiger partial charge in [0, 0.05) is 0 Å². The molecule has 2 atom stereocenters. The fraction of sp³-hybridized carbons (Fsp3) is 0.600. The lowest BCUT2D eigenvalue weighted by Gasteiger charge is -2.23. The molecule has 0 radical (unpaired) electrons. The normalized spacial score (nSPS) is 14.9. The van der Waals surface area contributed by atoms with Gasteiger partial charge in [0.25, 0.3) is 0 Å². The van der Waals surface area contributed by atoms with Crippen LogP contribution in [0.3, 0.4) is 0 Å². The zero-order valence-electron chi connectivity index (χ0n) is 10.6. The Morgan fingerprint density at radius 2 is 1.93 bits per heavy atom. The lowest BCUT2D eigenvalue weighted by Crippen LogP contribution is -2.09. The van der Waals surface area contributed by atoms with Crippen molar-refractivity contribution < 1.29 is 0 Å². The highest BCUT2D eigenvalue weighted by Crippen LogP contribution is 2.30. The molecular weight excluding hydrogens is 180 g/mol. The summed E-state index contributed by atoms with van der Waals surface area (Å²) in [5.74, 6) is 1.55. The van der Waals surface area contributed by atoms with Gasteiger partial charge in [-0.05, 0) is 24.3 Å². The molecule has 84 valence electrons. The van der Waals surface area contributed by atoms with Crippen LogP contribution in [0, 0.1) is 12.8 Å². The summed E-state index contributed by atoms with van der Waals surface area (Å²) >= 11 is 0. The third kappa shape index (κ3) is 3.37. The van der Waals surface area contributed by atoms with Gasteiger partial charge in [-0.1, -0.05) is 69.9 Å². The molecule has 0 bridgehead atoms. The second kappa shape index (κ2) is 5.95. The highest BCUT2D eigenvalue weighted by molar-refractivity contribution is 5.25. The molecule has 0 aliphatic heterocycles. The second-order valence-electron chi connectivity index (χ2n) is 4.66. The Hall–Kier alpha value is -0.780. The Morgan fingerprint density at radius 1 is 1.20 bits per heavy atom. The topological polar surface area (TPSA) is 0 Å².